The first-order valence-corrected chi connectivity index (χ1v) is 32.4. The average molecular weight is 949 g/mol. The van der Waals surface area contributed by atoms with Crippen LogP contribution in [0.1, 0.15) is 0 Å². The first-order valence-electron chi connectivity index (χ1n) is 3.34. The molecule has 0 aliphatic carbocycles. The molecule has 0 amide bonds. The summed E-state index contributed by atoms with van der Waals surface area (Å²) >= 11 is 14.9. The first-order chi connectivity index (χ1) is 5.42. The van der Waals surface area contributed by atoms with Crippen LogP contribution in [0.2, 0.25) is 22.9 Å². The molecule has 0 aromatic carbocycles. The Hall–Kier alpha value is 5.36. The van der Waals surface area contributed by atoms with Crippen molar-refractivity contribution in [3.8, 4) is 0 Å². The third kappa shape index (κ3) is 38.2. The molecular weight excluding hydrogens is 938 g/mol. The van der Waals surface area contributed by atoms with Crippen LogP contribution in [0.15, 0.2) is 0 Å². The van der Waals surface area contributed by atoms with Gasteiger partial charge in [-0.1, -0.05) is 65.4 Å². The van der Waals surface area contributed by atoms with Gasteiger partial charge in [0.25, 0.3) is 0.564 Å². The van der Waals surface area contributed by atoms with Gasteiger partial charge in [0.1, 0.15) is 0 Å². The topological polar surface area (TPSA) is 0 Å². The van der Waals surface area contributed by atoms with Crippen LogP contribution < -0.4 is 0 Å². The monoisotopic (exact) mass is 950 g/mol. The van der Waals surface area contributed by atoms with Gasteiger partial charge < -0.3 is 0 Å². The van der Waals surface area contributed by atoms with Gasteiger partial charge in [0.05, 0.1) is 0 Å². The maximum absolute atomic E-state index is 2.65. The van der Waals surface area contributed by atoms with E-state index < -0.39 is 15.5 Å². The zero-order valence-corrected chi connectivity index (χ0v) is 24.5. The maximum atomic E-state index is 2.65. The Morgan fingerprint density at radius 2 is 1.15 bits per heavy atom. The van der Waals surface area contributed by atoms with Gasteiger partial charge in [-0.05, 0) is 6.55 Å². The molecule has 1 radical (unpaired) electrons. The van der Waals surface area contributed by atoms with Crippen molar-refractivity contribution in [2.45, 2.75) is 22.9 Å². The van der Waals surface area contributed by atoms with Gasteiger partial charge in [-0.15, -0.1) is 0 Å². The second-order valence-corrected chi connectivity index (χ2v) is 86.4. The molecule has 0 heterocycles. The summed E-state index contributed by atoms with van der Waals surface area (Å²) in [5.74, 6) is 4.91. The van der Waals surface area contributed by atoms with E-state index in [0.29, 0.717) is 0 Å². The average Bonchev–Trinajstić information content (AvgIpc) is 1.47. The minimum absolute atomic E-state index is 0.484. The van der Waals surface area contributed by atoms with E-state index in [1.165, 1.54) is 0 Å². The summed E-state index contributed by atoms with van der Waals surface area (Å²) < 4.78 is -1.44. The molecule has 0 saturated carbocycles. The molecular formula is C4H11GeI6Si2. The Morgan fingerprint density at radius 3 is 1.15 bits per heavy atom. The van der Waals surface area contributed by atoms with Crippen LogP contribution in [-0.2, 0) is 0 Å². The first kappa shape index (κ1) is 20.7. The van der Waals surface area contributed by atoms with E-state index >= 15 is 0 Å². The molecule has 0 atom stereocenters. The number of rotatable bonds is 2. The zero-order valence-electron chi connectivity index (χ0n) is 7.47. The summed E-state index contributed by atoms with van der Waals surface area (Å²) in [6.45, 7) is 2.29. The molecule has 13 heavy (non-hydrogen) atoms. The van der Waals surface area contributed by atoms with Crippen molar-refractivity contribution in [3.63, 3.8) is 0 Å². The Kier molecular flexibility index (Phi) is 16.2. The summed E-state index contributed by atoms with van der Waals surface area (Å²) in [6, 6.07) is 0. The van der Waals surface area contributed by atoms with E-state index in [1.807, 2.05) is 0 Å². The number of hydrogen-bond donors (Lipinski definition) is 0. The third-order valence-corrected chi connectivity index (χ3v) is 26.5. The molecule has 0 saturated heterocycles. The van der Waals surface area contributed by atoms with Gasteiger partial charge in [0.15, 0.2) is 0 Å². The Labute approximate surface area is 164 Å². The zero-order chi connectivity index (χ0) is 11.3. The van der Waals surface area contributed by atoms with Gasteiger partial charge in [0.2, 0.25) is 0 Å². The van der Waals surface area contributed by atoms with Crippen LogP contribution >= 0.6 is 131 Å². The SMILES string of the molecule is C[Si](I)(I)I.[CH3][Ge]([CH3])[CH2][Si](I)(I)I. The fourth-order valence-corrected chi connectivity index (χ4v) is 41.9. The van der Waals surface area contributed by atoms with Crippen molar-refractivity contribution < 1.29 is 0 Å². The van der Waals surface area contributed by atoms with E-state index in [0.717, 1.165) is 0 Å². The second kappa shape index (κ2) is 10.2. The predicted molar refractivity (Wildman–Crippen MR) is 124 cm³/mol. The molecule has 9 heteroatoms. The molecule has 0 rings (SSSR count). The standard InChI is InChI=1S/C3H8GeI3Si.CH3I3Si/c1-4(2)3-8(5,6)7;1-5(2,3)4/h3H2,1-2H3;1H3. The van der Waals surface area contributed by atoms with Crippen molar-refractivity contribution in [2.24, 2.45) is 0 Å². The molecule has 0 spiro atoms. The summed E-state index contributed by atoms with van der Waals surface area (Å²) in [6.07, 6.45) is 0. The summed E-state index contributed by atoms with van der Waals surface area (Å²) in [5.41, 5.74) is 0. The third-order valence-electron chi connectivity index (χ3n) is 0.554. The molecule has 0 unspecified atom stereocenters. The van der Waals surface area contributed by atoms with Crippen LogP contribution in [0, 0.1) is 0 Å². The van der Waals surface area contributed by atoms with Crippen molar-refractivity contribution in [3.05, 3.63) is 0 Å². The quantitative estimate of drug-likeness (QED) is 0.172. The van der Waals surface area contributed by atoms with E-state index in [9.17, 15) is 0 Å². The minimum atomic E-state index is -0.736. The molecule has 0 aromatic rings. The van der Waals surface area contributed by atoms with Gasteiger partial charge in [-0.25, -0.2) is 0 Å². The fraction of sp³-hybridized carbons (Fsp3) is 1.00. The second-order valence-electron chi connectivity index (χ2n) is 2.78. The normalized spacial score (nSPS) is 12.5. The van der Waals surface area contributed by atoms with Crippen LogP contribution in [-0.4, -0.2) is 15.5 Å². The number of hydrogen-bond acceptors (Lipinski definition) is 0. The van der Waals surface area contributed by atoms with E-state index in [2.05, 4.69) is 149 Å². The van der Waals surface area contributed by atoms with Gasteiger partial charge in [-0.3, -0.25) is 0 Å². The summed E-state index contributed by atoms with van der Waals surface area (Å²) in [5, 5.41) is 0. The Balaban J connectivity index is 0. The van der Waals surface area contributed by atoms with Crippen LogP contribution in [0.25, 0.3) is 0 Å². The molecule has 81 valence electrons. The van der Waals surface area contributed by atoms with E-state index in [1.54, 1.807) is 4.88 Å². The molecule has 0 N–H and O–H groups in total. The van der Waals surface area contributed by atoms with Crippen molar-refractivity contribution in [2.75, 3.05) is 0 Å². The molecule has 0 aromatic heterocycles. The van der Waals surface area contributed by atoms with Gasteiger partial charge >= 0.3 is 96.7 Å². The summed E-state index contributed by atoms with van der Waals surface area (Å²) in [7, 11) is 0. The predicted octanol–water partition coefficient (Wildman–Crippen LogP) is 6.38. The fourth-order valence-electron chi connectivity index (χ4n) is 0.401. The van der Waals surface area contributed by atoms with Crippen LogP contribution in [0.4, 0.5) is 0 Å². The molecule has 0 aliphatic heterocycles. The van der Waals surface area contributed by atoms with Crippen LogP contribution in [0.3, 0.4) is 0 Å². The van der Waals surface area contributed by atoms with Crippen molar-refractivity contribution in [1.29, 1.82) is 0 Å². The Morgan fingerprint density at radius 1 is 0.923 bits per heavy atom. The van der Waals surface area contributed by atoms with Crippen molar-refractivity contribution in [1.82, 2.24) is 0 Å². The van der Waals surface area contributed by atoms with Crippen LogP contribution in [0.5, 0.6) is 0 Å². The van der Waals surface area contributed by atoms with E-state index in [-0.39, 0.29) is 0 Å². The summed E-state index contributed by atoms with van der Waals surface area (Å²) in [4.78, 5) is 1.59. The molecule has 0 nitrogen and oxygen atoms in total. The number of halogens is 6. The van der Waals surface area contributed by atoms with Gasteiger partial charge in [0, 0.05) is 0 Å². The molecule has 0 aliphatic rings. The van der Waals surface area contributed by atoms with Crippen molar-refractivity contribution >= 4 is 146 Å². The molecule has 0 bridgehead atoms. The Bertz CT molecular complexity index is 124. The van der Waals surface area contributed by atoms with E-state index in [4.69, 9.17) is 0 Å². The van der Waals surface area contributed by atoms with Gasteiger partial charge in [-0.2, -0.15) is 0 Å². The molecule has 0 fully saturated rings.